The standard InChI is InChI=1S/C13H21N3/c1-4-7-13(6-3)14-9-12-10-15-16(11-12)8-5-2/h1,10-11,13-14H,5-9H2,2-3H3. The molecule has 0 amide bonds. The summed E-state index contributed by atoms with van der Waals surface area (Å²) in [5.74, 6) is 2.70. The van der Waals surface area contributed by atoms with Crippen molar-refractivity contribution < 1.29 is 0 Å². The summed E-state index contributed by atoms with van der Waals surface area (Å²) in [6, 6.07) is 0.416. The van der Waals surface area contributed by atoms with Crippen molar-refractivity contribution in [3.8, 4) is 12.3 Å². The average molecular weight is 219 g/mol. The molecular weight excluding hydrogens is 198 g/mol. The van der Waals surface area contributed by atoms with Gasteiger partial charge in [0.05, 0.1) is 6.20 Å². The van der Waals surface area contributed by atoms with Crippen molar-refractivity contribution in [2.24, 2.45) is 0 Å². The lowest BCUT2D eigenvalue weighted by Crippen LogP contribution is -2.27. The van der Waals surface area contributed by atoms with Gasteiger partial charge < -0.3 is 5.32 Å². The number of hydrogen-bond donors (Lipinski definition) is 1. The Morgan fingerprint density at radius 3 is 3.00 bits per heavy atom. The monoisotopic (exact) mass is 219 g/mol. The zero-order valence-electron chi connectivity index (χ0n) is 10.2. The summed E-state index contributed by atoms with van der Waals surface area (Å²) in [5, 5.41) is 7.74. The second kappa shape index (κ2) is 7.08. The van der Waals surface area contributed by atoms with E-state index >= 15 is 0 Å². The minimum absolute atomic E-state index is 0.416. The fourth-order valence-electron chi connectivity index (χ4n) is 1.61. The number of aromatic nitrogens is 2. The van der Waals surface area contributed by atoms with Crippen molar-refractivity contribution in [1.82, 2.24) is 15.1 Å². The normalized spacial score (nSPS) is 12.3. The molecule has 1 atom stereocenters. The van der Waals surface area contributed by atoms with Gasteiger partial charge >= 0.3 is 0 Å². The van der Waals surface area contributed by atoms with Gasteiger partial charge in [0.25, 0.3) is 0 Å². The first-order chi connectivity index (χ1) is 7.80. The van der Waals surface area contributed by atoms with Crippen molar-refractivity contribution in [3.05, 3.63) is 18.0 Å². The van der Waals surface area contributed by atoms with Crippen LogP contribution < -0.4 is 5.32 Å². The Labute approximate surface area is 98.2 Å². The summed E-state index contributed by atoms with van der Waals surface area (Å²) >= 11 is 0. The molecule has 3 nitrogen and oxygen atoms in total. The molecule has 0 aliphatic heterocycles. The molecule has 0 spiro atoms. The van der Waals surface area contributed by atoms with E-state index in [1.165, 1.54) is 5.56 Å². The van der Waals surface area contributed by atoms with Crippen LogP contribution in [0.15, 0.2) is 12.4 Å². The van der Waals surface area contributed by atoms with E-state index in [4.69, 9.17) is 6.42 Å². The third-order valence-electron chi connectivity index (χ3n) is 2.59. The molecule has 0 fully saturated rings. The van der Waals surface area contributed by atoms with Gasteiger partial charge in [-0.1, -0.05) is 13.8 Å². The Bertz CT molecular complexity index is 335. The zero-order chi connectivity index (χ0) is 11.8. The SMILES string of the molecule is C#CCC(CC)NCc1cnn(CCC)c1. The van der Waals surface area contributed by atoms with E-state index in [9.17, 15) is 0 Å². The molecule has 1 aromatic heterocycles. The van der Waals surface area contributed by atoms with Crippen LogP contribution in [0.25, 0.3) is 0 Å². The molecule has 0 radical (unpaired) electrons. The molecule has 1 heterocycles. The van der Waals surface area contributed by atoms with E-state index < -0.39 is 0 Å². The summed E-state index contributed by atoms with van der Waals surface area (Å²) in [6.07, 6.45) is 12.3. The summed E-state index contributed by atoms with van der Waals surface area (Å²) in [4.78, 5) is 0. The van der Waals surface area contributed by atoms with Gasteiger partial charge in [0, 0.05) is 37.3 Å². The van der Waals surface area contributed by atoms with Crippen molar-refractivity contribution in [2.75, 3.05) is 0 Å². The number of nitrogens with one attached hydrogen (secondary N) is 1. The van der Waals surface area contributed by atoms with Crippen LogP contribution in [-0.2, 0) is 13.1 Å². The second-order valence-corrected chi connectivity index (χ2v) is 4.01. The van der Waals surface area contributed by atoms with Crippen LogP contribution in [0.5, 0.6) is 0 Å². The van der Waals surface area contributed by atoms with Gasteiger partial charge in [-0.2, -0.15) is 5.10 Å². The quantitative estimate of drug-likeness (QED) is 0.712. The Morgan fingerprint density at radius 1 is 1.56 bits per heavy atom. The largest absolute Gasteiger partial charge is 0.309 e. The molecule has 0 aromatic carbocycles. The van der Waals surface area contributed by atoms with Gasteiger partial charge in [-0.25, -0.2) is 0 Å². The van der Waals surface area contributed by atoms with Crippen LogP contribution >= 0.6 is 0 Å². The highest BCUT2D eigenvalue weighted by Crippen LogP contribution is 2.02. The van der Waals surface area contributed by atoms with Crippen molar-refractivity contribution in [1.29, 1.82) is 0 Å². The van der Waals surface area contributed by atoms with Gasteiger partial charge in [0.15, 0.2) is 0 Å². The maximum atomic E-state index is 5.31. The summed E-state index contributed by atoms with van der Waals surface area (Å²) in [6.45, 7) is 6.14. The summed E-state index contributed by atoms with van der Waals surface area (Å²) in [7, 11) is 0. The second-order valence-electron chi connectivity index (χ2n) is 4.01. The van der Waals surface area contributed by atoms with Gasteiger partial charge in [0.1, 0.15) is 0 Å². The lowest BCUT2D eigenvalue weighted by atomic mass is 10.1. The lowest BCUT2D eigenvalue weighted by molar-refractivity contribution is 0.506. The third-order valence-corrected chi connectivity index (χ3v) is 2.59. The van der Waals surface area contributed by atoms with Crippen molar-refractivity contribution >= 4 is 0 Å². The molecule has 3 heteroatoms. The molecule has 0 bridgehead atoms. The van der Waals surface area contributed by atoms with Crippen LogP contribution in [0.4, 0.5) is 0 Å². The average Bonchev–Trinajstić information content (AvgIpc) is 2.72. The summed E-state index contributed by atoms with van der Waals surface area (Å²) < 4.78 is 1.99. The Hall–Kier alpha value is -1.27. The van der Waals surface area contributed by atoms with Crippen molar-refractivity contribution in [2.45, 2.75) is 52.2 Å². The topological polar surface area (TPSA) is 29.9 Å². The maximum absolute atomic E-state index is 5.31. The number of nitrogens with zero attached hydrogens (tertiary/aromatic N) is 2. The third kappa shape index (κ3) is 4.08. The van der Waals surface area contributed by atoms with Crippen LogP contribution in [0.3, 0.4) is 0 Å². The van der Waals surface area contributed by atoms with Crippen LogP contribution in [0, 0.1) is 12.3 Å². The molecule has 1 aromatic rings. The van der Waals surface area contributed by atoms with Gasteiger partial charge in [0.2, 0.25) is 0 Å². The van der Waals surface area contributed by atoms with Crippen LogP contribution in [0.1, 0.15) is 38.7 Å². The van der Waals surface area contributed by atoms with E-state index in [0.717, 1.165) is 32.4 Å². The Morgan fingerprint density at radius 2 is 2.38 bits per heavy atom. The summed E-state index contributed by atoms with van der Waals surface area (Å²) in [5.41, 5.74) is 1.23. The molecule has 0 saturated carbocycles. The minimum atomic E-state index is 0.416. The van der Waals surface area contributed by atoms with E-state index in [1.54, 1.807) is 0 Å². The van der Waals surface area contributed by atoms with E-state index in [2.05, 4.69) is 36.4 Å². The number of aryl methyl sites for hydroxylation is 1. The number of hydrogen-bond acceptors (Lipinski definition) is 2. The lowest BCUT2D eigenvalue weighted by Gasteiger charge is -2.12. The highest BCUT2D eigenvalue weighted by atomic mass is 15.3. The highest BCUT2D eigenvalue weighted by Gasteiger charge is 2.04. The van der Waals surface area contributed by atoms with Crippen molar-refractivity contribution in [3.63, 3.8) is 0 Å². The molecular formula is C13H21N3. The minimum Gasteiger partial charge on any atom is -0.309 e. The first-order valence-electron chi connectivity index (χ1n) is 5.98. The smallest absolute Gasteiger partial charge is 0.0534 e. The first kappa shape index (κ1) is 12.8. The molecule has 16 heavy (non-hydrogen) atoms. The van der Waals surface area contributed by atoms with Gasteiger partial charge in [-0.3, -0.25) is 4.68 Å². The molecule has 0 saturated heterocycles. The van der Waals surface area contributed by atoms with E-state index in [1.807, 2.05) is 10.9 Å². The van der Waals surface area contributed by atoms with E-state index in [-0.39, 0.29) is 0 Å². The fourth-order valence-corrected chi connectivity index (χ4v) is 1.61. The van der Waals surface area contributed by atoms with E-state index in [0.29, 0.717) is 6.04 Å². The predicted molar refractivity (Wildman–Crippen MR) is 66.9 cm³/mol. The highest BCUT2D eigenvalue weighted by molar-refractivity contribution is 5.04. The molecule has 0 aliphatic rings. The molecule has 1 unspecified atom stereocenters. The molecule has 1 N–H and O–H groups in total. The first-order valence-corrected chi connectivity index (χ1v) is 5.98. The molecule has 0 aliphatic carbocycles. The Kier molecular flexibility index (Phi) is 5.66. The number of terminal acetylenes is 1. The van der Waals surface area contributed by atoms with Gasteiger partial charge in [-0.05, 0) is 12.8 Å². The fraction of sp³-hybridized carbons (Fsp3) is 0.615. The maximum Gasteiger partial charge on any atom is 0.0534 e. The molecule has 88 valence electrons. The van der Waals surface area contributed by atoms with Crippen LogP contribution in [-0.4, -0.2) is 15.8 Å². The Balaban J connectivity index is 2.38. The van der Waals surface area contributed by atoms with Crippen LogP contribution in [0.2, 0.25) is 0 Å². The predicted octanol–water partition coefficient (Wildman–Crippen LogP) is 2.18. The number of rotatable bonds is 7. The van der Waals surface area contributed by atoms with Gasteiger partial charge in [-0.15, -0.1) is 12.3 Å². The molecule has 1 rings (SSSR count). The zero-order valence-corrected chi connectivity index (χ0v) is 10.2.